The molecule has 0 radical (unpaired) electrons. The van der Waals surface area contributed by atoms with Crippen LogP contribution in [-0.4, -0.2) is 56.4 Å². The quantitative estimate of drug-likeness (QED) is 0.781. The smallest absolute Gasteiger partial charge is 0.475 e. The van der Waals surface area contributed by atoms with Crippen LogP contribution in [0.5, 0.6) is 0 Å². The topological polar surface area (TPSA) is 86.5 Å². The molecule has 2 N–H and O–H groups in total. The summed E-state index contributed by atoms with van der Waals surface area (Å²) in [7, 11) is 0. The first-order chi connectivity index (χ1) is 12.9. The monoisotopic (exact) mass is 405 g/mol. The number of carboxylic acids is 1. The van der Waals surface area contributed by atoms with Gasteiger partial charge in [-0.1, -0.05) is 13.8 Å². The highest BCUT2D eigenvalue weighted by molar-refractivity contribution is 5.73. The molecule has 0 saturated carbocycles. The molecule has 0 amide bonds. The second-order valence-electron chi connectivity index (χ2n) is 7.66. The van der Waals surface area contributed by atoms with E-state index in [1.54, 1.807) is 0 Å². The zero-order valence-electron chi connectivity index (χ0n) is 16.8. The van der Waals surface area contributed by atoms with Crippen molar-refractivity contribution in [2.24, 2.45) is 11.8 Å². The third-order valence-electron chi connectivity index (χ3n) is 4.54. The number of halogens is 3. The Labute approximate surface area is 163 Å². The van der Waals surface area contributed by atoms with Crippen LogP contribution in [-0.2, 0) is 11.3 Å². The van der Waals surface area contributed by atoms with E-state index in [4.69, 9.17) is 9.90 Å². The molecule has 0 aromatic carbocycles. The largest absolute Gasteiger partial charge is 0.490 e. The number of carboxylic acid groups (broad SMARTS) is 1. The minimum atomic E-state index is -5.08. The molecule has 1 aromatic rings. The van der Waals surface area contributed by atoms with Crippen molar-refractivity contribution < 1.29 is 28.2 Å². The van der Waals surface area contributed by atoms with Gasteiger partial charge in [0.2, 0.25) is 0 Å². The molecule has 6 nitrogen and oxygen atoms in total. The Morgan fingerprint density at radius 2 is 1.79 bits per heavy atom. The van der Waals surface area contributed by atoms with E-state index in [9.17, 15) is 18.3 Å². The van der Waals surface area contributed by atoms with Crippen LogP contribution >= 0.6 is 0 Å². The lowest BCUT2D eigenvalue weighted by Gasteiger charge is -2.34. The molecule has 1 atom stereocenters. The average molecular weight is 405 g/mol. The summed E-state index contributed by atoms with van der Waals surface area (Å²) in [5.74, 6) is -0.859. The molecule has 0 spiro atoms. The molecule has 1 aromatic heterocycles. The zero-order chi connectivity index (χ0) is 21.5. The van der Waals surface area contributed by atoms with Gasteiger partial charge in [-0.15, -0.1) is 0 Å². The maximum Gasteiger partial charge on any atom is 0.490 e. The van der Waals surface area contributed by atoms with Gasteiger partial charge >= 0.3 is 12.1 Å². The molecule has 1 unspecified atom stereocenters. The number of aliphatic hydroxyl groups is 1. The lowest BCUT2D eigenvalue weighted by atomic mass is 9.87. The van der Waals surface area contributed by atoms with Crippen molar-refractivity contribution in [3.63, 3.8) is 0 Å². The van der Waals surface area contributed by atoms with Crippen molar-refractivity contribution >= 4 is 5.97 Å². The normalized spacial score (nSPS) is 17.2. The first-order valence-corrected chi connectivity index (χ1v) is 9.40. The predicted molar refractivity (Wildman–Crippen MR) is 98.7 cm³/mol. The van der Waals surface area contributed by atoms with Crippen molar-refractivity contribution in [2.45, 2.75) is 65.8 Å². The molecule has 28 heavy (non-hydrogen) atoms. The number of aliphatic hydroxyl groups excluding tert-OH is 1. The Kier molecular flexibility index (Phi) is 9.29. The Morgan fingerprint density at radius 3 is 2.21 bits per heavy atom. The van der Waals surface area contributed by atoms with Gasteiger partial charge in [-0.05, 0) is 64.1 Å². The zero-order valence-corrected chi connectivity index (χ0v) is 16.8. The van der Waals surface area contributed by atoms with Crippen LogP contribution in [0.3, 0.4) is 0 Å². The van der Waals surface area contributed by atoms with E-state index in [0.29, 0.717) is 11.8 Å². The van der Waals surface area contributed by atoms with Gasteiger partial charge in [-0.3, -0.25) is 4.90 Å². The minimum Gasteiger partial charge on any atom is -0.475 e. The molecule has 9 heteroatoms. The van der Waals surface area contributed by atoms with Gasteiger partial charge in [-0.2, -0.15) is 13.2 Å². The highest BCUT2D eigenvalue weighted by atomic mass is 19.4. The van der Waals surface area contributed by atoms with Crippen LogP contribution in [0.1, 0.15) is 50.3 Å². The molecular weight excluding hydrogens is 375 g/mol. The lowest BCUT2D eigenvalue weighted by Crippen LogP contribution is -2.38. The molecule has 1 fully saturated rings. The summed E-state index contributed by atoms with van der Waals surface area (Å²) < 4.78 is 31.7. The van der Waals surface area contributed by atoms with Crippen LogP contribution < -0.4 is 0 Å². The van der Waals surface area contributed by atoms with Crippen LogP contribution in [0.2, 0.25) is 0 Å². The van der Waals surface area contributed by atoms with Crippen LogP contribution in [0.25, 0.3) is 0 Å². The Bertz CT molecular complexity index is 610. The van der Waals surface area contributed by atoms with Crippen LogP contribution in [0.4, 0.5) is 13.2 Å². The van der Waals surface area contributed by atoms with E-state index >= 15 is 0 Å². The van der Waals surface area contributed by atoms with E-state index in [0.717, 1.165) is 56.1 Å². The van der Waals surface area contributed by atoms with E-state index < -0.39 is 12.1 Å². The summed E-state index contributed by atoms with van der Waals surface area (Å²) in [5.41, 5.74) is 2.15. The molecule has 0 aliphatic carbocycles. The highest BCUT2D eigenvalue weighted by Gasteiger charge is 2.38. The summed E-state index contributed by atoms with van der Waals surface area (Å²) in [4.78, 5) is 20.2. The van der Waals surface area contributed by atoms with Crippen LogP contribution in [0, 0.1) is 25.7 Å². The van der Waals surface area contributed by atoms with Gasteiger partial charge < -0.3 is 10.2 Å². The summed E-state index contributed by atoms with van der Waals surface area (Å²) >= 11 is 0. The maximum atomic E-state index is 10.6. The first-order valence-electron chi connectivity index (χ1n) is 9.40. The van der Waals surface area contributed by atoms with Gasteiger partial charge in [0, 0.05) is 12.2 Å². The van der Waals surface area contributed by atoms with Crippen molar-refractivity contribution in [1.82, 2.24) is 14.9 Å². The maximum absolute atomic E-state index is 10.6. The average Bonchev–Trinajstić information content (AvgIpc) is 2.53. The predicted octanol–water partition coefficient (Wildman–Crippen LogP) is 3.35. The molecule has 2 heterocycles. The number of likely N-dealkylation sites (tertiary alicyclic amines) is 1. The SMILES string of the molecule is Cc1cc(CN2CCC(C(O)CC(C)C)CC2)nc(C)n1.O=C(O)C(F)(F)F. The molecule has 1 aliphatic rings. The molecule has 1 saturated heterocycles. The van der Waals surface area contributed by atoms with Gasteiger partial charge in [0.15, 0.2) is 0 Å². The molecular formula is C19H30F3N3O3. The fraction of sp³-hybridized carbons (Fsp3) is 0.737. The standard InChI is InChI=1S/C17H29N3O.C2HF3O2/c1-12(2)9-17(21)15-5-7-20(8-6-15)11-16-10-13(3)18-14(4)19-16;3-2(4,5)1(6)7/h10,12,15,17,21H,5-9,11H2,1-4H3;(H,6,7). The second-order valence-corrected chi connectivity index (χ2v) is 7.66. The second kappa shape index (κ2) is 10.7. The van der Waals surface area contributed by atoms with Crippen molar-refractivity contribution in [2.75, 3.05) is 13.1 Å². The number of piperidine rings is 1. The number of nitrogens with zero attached hydrogens (tertiary/aromatic N) is 3. The van der Waals surface area contributed by atoms with E-state index in [1.807, 2.05) is 13.8 Å². The van der Waals surface area contributed by atoms with Gasteiger partial charge in [0.05, 0.1) is 11.8 Å². The Balaban J connectivity index is 0.000000480. The van der Waals surface area contributed by atoms with Crippen molar-refractivity contribution in [3.05, 3.63) is 23.3 Å². The van der Waals surface area contributed by atoms with Gasteiger partial charge in [0.25, 0.3) is 0 Å². The summed E-state index contributed by atoms with van der Waals surface area (Å²) in [5, 5.41) is 17.4. The molecule has 1 aliphatic heterocycles. The Hall–Kier alpha value is -1.74. The van der Waals surface area contributed by atoms with Crippen molar-refractivity contribution in [3.8, 4) is 0 Å². The third kappa shape index (κ3) is 8.97. The number of rotatable bonds is 5. The highest BCUT2D eigenvalue weighted by Crippen LogP contribution is 2.25. The van der Waals surface area contributed by atoms with E-state index in [1.165, 1.54) is 0 Å². The van der Waals surface area contributed by atoms with Gasteiger partial charge in [-0.25, -0.2) is 14.8 Å². The number of aliphatic carboxylic acids is 1. The van der Waals surface area contributed by atoms with E-state index in [2.05, 4.69) is 34.8 Å². The third-order valence-corrected chi connectivity index (χ3v) is 4.54. The number of carbonyl (C=O) groups is 1. The molecule has 0 bridgehead atoms. The summed E-state index contributed by atoms with van der Waals surface area (Å²) in [6, 6.07) is 2.08. The number of aromatic nitrogens is 2. The number of hydrogen-bond donors (Lipinski definition) is 2. The van der Waals surface area contributed by atoms with Gasteiger partial charge in [0.1, 0.15) is 5.82 Å². The summed E-state index contributed by atoms with van der Waals surface area (Å²) in [6.07, 6.45) is -2.10. The number of alkyl halides is 3. The number of hydrogen-bond acceptors (Lipinski definition) is 5. The minimum absolute atomic E-state index is 0.129. The lowest BCUT2D eigenvalue weighted by molar-refractivity contribution is -0.192. The molecule has 2 rings (SSSR count). The van der Waals surface area contributed by atoms with E-state index in [-0.39, 0.29) is 6.10 Å². The fourth-order valence-electron chi connectivity index (χ4n) is 3.28. The first kappa shape index (κ1) is 24.3. The Morgan fingerprint density at radius 1 is 1.25 bits per heavy atom. The van der Waals surface area contributed by atoms with Crippen molar-refractivity contribution in [1.29, 1.82) is 0 Å². The summed E-state index contributed by atoms with van der Waals surface area (Å²) in [6.45, 7) is 11.3. The fourth-order valence-corrected chi connectivity index (χ4v) is 3.28. The molecule has 160 valence electrons. The van der Waals surface area contributed by atoms with Crippen LogP contribution in [0.15, 0.2) is 6.07 Å². The number of aryl methyl sites for hydroxylation is 2.